The molecule has 0 unspecified atom stereocenters. The number of unbranched alkanes of at least 4 members (excludes halogenated alkanes) is 24. The number of hydrogen-bond acceptors (Lipinski definition) is 8. The summed E-state index contributed by atoms with van der Waals surface area (Å²) in [5, 5.41) is 35.3. The Morgan fingerprint density at radius 1 is 0.382 bits per heavy atom. The van der Waals surface area contributed by atoms with Crippen LogP contribution in [0.15, 0.2) is 30.3 Å². The lowest BCUT2D eigenvalue weighted by molar-refractivity contribution is 0.370. The van der Waals surface area contributed by atoms with Gasteiger partial charge in [0, 0.05) is 51.9 Å². The van der Waals surface area contributed by atoms with Crippen LogP contribution in [0.2, 0.25) is 0 Å². The predicted octanol–water partition coefficient (Wildman–Crippen LogP) is 11.0. The molecule has 0 aliphatic heterocycles. The van der Waals surface area contributed by atoms with Gasteiger partial charge in [-0.1, -0.05) is 133 Å². The van der Waals surface area contributed by atoms with E-state index in [1.54, 1.807) is 30.3 Å². The van der Waals surface area contributed by atoms with E-state index in [4.69, 9.17) is 21.0 Å². The van der Waals surface area contributed by atoms with E-state index < -0.39 is 24.6 Å². The second-order valence-electron chi connectivity index (χ2n) is 14.7. The highest BCUT2D eigenvalue weighted by molar-refractivity contribution is 8.06. The van der Waals surface area contributed by atoms with Crippen LogP contribution < -0.4 is 0 Å². The number of rotatable bonds is 37. The van der Waals surface area contributed by atoms with Crippen molar-refractivity contribution in [3.63, 3.8) is 0 Å². The molecule has 0 fully saturated rings. The van der Waals surface area contributed by atoms with Crippen LogP contribution in [-0.4, -0.2) is 51.6 Å². The lowest BCUT2D eigenvalue weighted by Crippen LogP contribution is -2.44. The molecular formula is C43H70N6O4S2. The third kappa shape index (κ3) is 23.0. The molecule has 0 spiro atoms. The van der Waals surface area contributed by atoms with Crippen molar-refractivity contribution < 1.29 is 16.8 Å². The molecule has 12 heteroatoms. The Bertz CT molecular complexity index is 1340. The normalized spacial score (nSPS) is 11.8. The van der Waals surface area contributed by atoms with Gasteiger partial charge in [-0.05, 0) is 56.9 Å². The average Bonchev–Trinajstić information content (AvgIpc) is 3.17. The number of nitriles is 4. The van der Waals surface area contributed by atoms with Crippen LogP contribution in [0.4, 0.5) is 0 Å². The Kier molecular flexibility index (Phi) is 30.2. The maximum Gasteiger partial charge on any atom is 0.237 e. The van der Waals surface area contributed by atoms with E-state index in [1.165, 1.54) is 8.61 Å². The summed E-state index contributed by atoms with van der Waals surface area (Å²) in [6, 6.07) is 17.2. The van der Waals surface area contributed by atoms with Crippen molar-refractivity contribution in [2.75, 3.05) is 26.2 Å². The van der Waals surface area contributed by atoms with Crippen molar-refractivity contribution in [2.45, 2.75) is 184 Å². The smallest absolute Gasteiger partial charge is 0.210 e. The van der Waals surface area contributed by atoms with E-state index in [-0.39, 0.29) is 31.7 Å². The Hall–Kier alpha value is -3.00. The first-order valence-corrected chi connectivity index (χ1v) is 24.3. The highest BCUT2D eigenvalue weighted by Crippen LogP contribution is 2.35. The molecule has 0 aromatic heterocycles. The van der Waals surface area contributed by atoms with Gasteiger partial charge in [0.05, 0.1) is 24.3 Å². The first-order chi connectivity index (χ1) is 26.8. The van der Waals surface area contributed by atoms with Gasteiger partial charge in [0.25, 0.3) is 0 Å². The second kappa shape index (κ2) is 33.2. The molecular weight excluding hydrogens is 729 g/mol. The van der Waals surface area contributed by atoms with Gasteiger partial charge in [-0.3, -0.25) is 0 Å². The fourth-order valence-corrected chi connectivity index (χ4v) is 11.9. The summed E-state index contributed by atoms with van der Waals surface area (Å²) < 4.78 is 60.7. The molecule has 0 aliphatic carbocycles. The summed E-state index contributed by atoms with van der Waals surface area (Å²) >= 11 is 0. The number of nitrogens with zero attached hydrogens (tertiary/aromatic N) is 6. The van der Waals surface area contributed by atoms with Crippen LogP contribution in [0.3, 0.4) is 0 Å². The van der Waals surface area contributed by atoms with Crippen LogP contribution in [0.1, 0.15) is 190 Å². The van der Waals surface area contributed by atoms with E-state index in [0.717, 1.165) is 128 Å². The maximum atomic E-state index is 14.9. The highest BCUT2D eigenvalue weighted by atomic mass is 32.3. The van der Waals surface area contributed by atoms with Crippen LogP contribution in [0, 0.1) is 45.3 Å². The summed E-state index contributed by atoms with van der Waals surface area (Å²) in [5.74, 6) is 0. The van der Waals surface area contributed by atoms with Crippen molar-refractivity contribution in [3.8, 4) is 24.3 Å². The fraction of sp³-hybridized carbons (Fsp3) is 0.767. The zero-order chi connectivity index (χ0) is 40.3. The van der Waals surface area contributed by atoms with Gasteiger partial charge < -0.3 is 0 Å². The van der Waals surface area contributed by atoms with Crippen LogP contribution in [0.25, 0.3) is 0 Å². The van der Waals surface area contributed by atoms with Gasteiger partial charge in [-0.25, -0.2) is 25.4 Å². The molecule has 0 radical (unpaired) electrons. The molecule has 1 aromatic rings. The molecule has 0 amide bonds. The molecule has 0 saturated heterocycles. The van der Waals surface area contributed by atoms with E-state index in [9.17, 15) is 16.8 Å². The Labute approximate surface area is 336 Å². The third-order valence-corrected chi connectivity index (χ3v) is 15.4. The van der Waals surface area contributed by atoms with Gasteiger partial charge in [-0.15, -0.1) is 0 Å². The van der Waals surface area contributed by atoms with Gasteiger partial charge in [0.2, 0.25) is 24.6 Å². The summed E-state index contributed by atoms with van der Waals surface area (Å²) in [4.78, 5) is 0. The van der Waals surface area contributed by atoms with Crippen molar-refractivity contribution in [2.24, 2.45) is 0 Å². The Morgan fingerprint density at radius 3 is 0.873 bits per heavy atom. The van der Waals surface area contributed by atoms with E-state index in [2.05, 4.69) is 24.3 Å². The van der Waals surface area contributed by atoms with Crippen LogP contribution in [-0.2, 0) is 20.0 Å². The molecule has 0 heterocycles. The standard InChI is InChI=1S/C43H70N6O4S2/c44-34-24-13-5-1-9-17-28-38-48(39-29-18-10-2-6-14-25-35-45)54(50,51)43(42-32-22-21-23-33-42)55(52,53)49(40-30-19-11-3-7-15-26-36-46)41-31-20-12-4-8-16-27-37-47/h21-23,32-33,43H,1-20,24-31,38-41H2. The maximum absolute atomic E-state index is 14.9. The molecule has 10 nitrogen and oxygen atoms in total. The lowest BCUT2D eigenvalue weighted by Gasteiger charge is -2.32. The minimum atomic E-state index is -4.35. The van der Waals surface area contributed by atoms with Crippen molar-refractivity contribution in [1.29, 1.82) is 21.0 Å². The van der Waals surface area contributed by atoms with Crippen molar-refractivity contribution in [3.05, 3.63) is 35.9 Å². The first kappa shape index (κ1) is 50.0. The summed E-state index contributed by atoms with van der Waals surface area (Å²) in [6.07, 6.45) is 23.1. The zero-order valence-electron chi connectivity index (χ0n) is 33.7. The van der Waals surface area contributed by atoms with Gasteiger partial charge in [-0.2, -0.15) is 21.0 Å². The summed E-state index contributed by atoms with van der Waals surface area (Å²) in [7, 11) is -8.69. The second-order valence-corrected chi connectivity index (χ2v) is 19.1. The monoisotopic (exact) mass is 798 g/mol. The SMILES string of the molecule is N#CCCCCCCCCN(CCCCCCCCC#N)S(=O)(=O)C(c1ccccc1)S(=O)(=O)N(CCCCCCCCC#N)CCCCCCCCC#N. The number of sulfonamides is 2. The van der Waals surface area contributed by atoms with Crippen LogP contribution >= 0.6 is 0 Å². The molecule has 0 bridgehead atoms. The molecule has 0 N–H and O–H groups in total. The Balaban J connectivity index is 3.28. The minimum Gasteiger partial charge on any atom is -0.210 e. The minimum absolute atomic E-state index is 0.263. The predicted molar refractivity (Wildman–Crippen MR) is 222 cm³/mol. The number of benzene rings is 1. The first-order valence-electron chi connectivity index (χ1n) is 21.3. The number of hydrogen-bond donors (Lipinski definition) is 0. The average molecular weight is 799 g/mol. The molecule has 1 rings (SSSR count). The molecule has 1 aromatic carbocycles. The van der Waals surface area contributed by atoms with Gasteiger partial charge in [0.1, 0.15) is 0 Å². The summed E-state index contributed by atoms with van der Waals surface area (Å²) in [5.41, 5.74) is 0.266. The van der Waals surface area contributed by atoms with Gasteiger partial charge >= 0.3 is 0 Å². The molecule has 0 aliphatic rings. The van der Waals surface area contributed by atoms with E-state index in [0.29, 0.717) is 51.4 Å². The topological polar surface area (TPSA) is 170 Å². The third-order valence-electron chi connectivity index (χ3n) is 10.1. The quantitative estimate of drug-likeness (QED) is 0.0599. The van der Waals surface area contributed by atoms with Crippen LogP contribution in [0.5, 0.6) is 0 Å². The van der Waals surface area contributed by atoms with E-state index >= 15 is 0 Å². The largest absolute Gasteiger partial charge is 0.237 e. The summed E-state index contributed by atoms with van der Waals surface area (Å²) in [6.45, 7) is 1.05. The molecule has 0 saturated carbocycles. The molecule has 55 heavy (non-hydrogen) atoms. The van der Waals surface area contributed by atoms with E-state index in [1.807, 2.05) is 0 Å². The Morgan fingerprint density at radius 2 is 0.618 bits per heavy atom. The van der Waals surface area contributed by atoms with Gasteiger partial charge in [0.15, 0.2) is 0 Å². The lowest BCUT2D eigenvalue weighted by atomic mass is 10.1. The van der Waals surface area contributed by atoms with Crippen molar-refractivity contribution in [1.82, 2.24) is 8.61 Å². The van der Waals surface area contributed by atoms with Crippen molar-refractivity contribution >= 4 is 20.0 Å². The highest BCUT2D eigenvalue weighted by Gasteiger charge is 2.45. The fourth-order valence-electron chi connectivity index (χ4n) is 6.91. The zero-order valence-corrected chi connectivity index (χ0v) is 35.4. The molecule has 0 atom stereocenters. The molecule has 308 valence electrons.